The summed E-state index contributed by atoms with van der Waals surface area (Å²) >= 11 is 7.18. The highest BCUT2D eigenvalue weighted by atomic mass is 35.5. The number of benzene rings is 2. The molecule has 3 rings (SSSR count). The molecule has 0 bridgehead atoms. The second-order valence-corrected chi connectivity index (χ2v) is 6.85. The summed E-state index contributed by atoms with van der Waals surface area (Å²) in [5, 5.41) is 3.98. The molecule has 6 heteroatoms. The quantitative estimate of drug-likeness (QED) is 0.749. The van der Waals surface area contributed by atoms with Gasteiger partial charge in [-0.25, -0.2) is 4.99 Å². The number of ether oxygens (including phenoxy) is 1. The molecule has 0 aliphatic carbocycles. The van der Waals surface area contributed by atoms with Gasteiger partial charge in [0, 0.05) is 5.02 Å². The molecule has 0 spiro atoms. The van der Waals surface area contributed by atoms with E-state index in [2.05, 4.69) is 17.2 Å². The summed E-state index contributed by atoms with van der Waals surface area (Å²) in [4.78, 5) is 17.2. The van der Waals surface area contributed by atoms with Crippen LogP contribution in [0, 0.1) is 0 Å². The fourth-order valence-electron chi connectivity index (χ4n) is 2.18. The molecule has 1 N–H and O–H groups in total. The van der Waals surface area contributed by atoms with E-state index in [-0.39, 0.29) is 5.91 Å². The fraction of sp³-hybridized carbons (Fsp3) is 0.158. The van der Waals surface area contributed by atoms with Gasteiger partial charge in [-0.1, -0.05) is 30.7 Å². The maximum Gasteiger partial charge on any atom is 0.264 e. The molecule has 0 unspecified atom stereocenters. The van der Waals surface area contributed by atoms with Gasteiger partial charge in [-0.3, -0.25) is 4.79 Å². The second kappa shape index (κ2) is 8.23. The average Bonchev–Trinajstić information content (AvgIpc) is 2.94. The maximum atomic E-state index is 12.2. The van der Waals surface area contributed by atoms with Gasteiger partial charge in [0.2, 0.25) is 0 Å². The Kier molecular flexibility index (Phi) is 5.79. The van der Waals surface area contributed by atoms with Gasteiger partial charge in [0.25, 0.3) is 5.91 Å². The van der Waals surface area contributed by atoms with Crippen molar-refractivity contribution in [1.82, 2.24) is 5.32 Å². The van der Waals surface area contributed by atoms with E-state index < -0.39 is 0 Å². The van der Waals surface area contributed by atoms with Crippen molar-refractivity contribution in [3.05, 3.63) is 64.0 Å². The average molecular weight is 373 g/mol. The Morgan fingerprint density at radius 2 is 2.04 bits per heavy atom. The lowest BCUT2D eigenvalue weighted by molar-refractivity contribution is -0.115. The molecule has 1 heterocycles. The molecular weight excluding hydrogens is 356 g/mol. The van der Waals surface area contributed by atoms with E-state index in [0.29, 0.717) is 21.7 Å². The highest BCUT2D eigenvalue weighted by Crippen LogP contribution is 2.29. The number of carbonyl (C=O) groups excluding carboxylic acids is 1. The third-order valence-corrected chi connectivity index (χ3v) is 4.50. The fourth-order valence-corrected chi connectivity index (χ4v) is 3.15. The van der Waals surface area contributed by atoms with Crippen LogP contribution in [0.3, 0.4) is 0 Å². The summed E-state index contributed by atoms with van der Waals surface area (Å²) in [5.41, 5.74) is 1.66. The minimum absolute atomic E-state index is 0.155. The molecule has 2 aromatic rings. The molecule has 0 atom stereocenters. The number of nitrogens with one attached hydrogen (secondary N) is 1. The number of carbonyl (C=O) groups is 1. The van der Waals surface area contributed by atoms with Gasteiger partial charge in [-0.05, 0) is 66.2 Å². The molecular formula is C19H17ClN2O2S. The van der Waals surface area contributed by atoms with Crippen molar-refractivity contribution in [2.45, 2.75) is 13.3 Å². The number of thioether (sulfide) groups is 1. The van der Waals surface area contributed by atoms with Crippen molar-refractivity contribution in [2.24, 2.45) is 4.99 Å². The monoisotopic (exact) mass is 372 g/mol. The van der Waals surface area contributed by atoms with Crippen LogP contribution in [0.15, 0.2) is 58.4 Å². The number of halogens is 1. The van der Waals surface area contributed by atoms with Crippen molar-refractivity contribution in [3.63, 3.8) is 0 Å². The highest BCUT2D eigenvalue weighted by Gasteiger charge is 2.23. The number of hydrogen-bond donors (Lipinski definition) is 1. The lowest BCUT2D eigenvalue weighted by atomic mass is 10.2. The second-order valence-electron chi connectivity index (χ2n) is 5.38. The van der Waals surface area contributed by atoms with E-state index in [0.717, 1.165) is 23.4 Å². The molecule has 0 aromatic heterocycles. The lowest BCUT2D eigenvalue weighted by Gasteiger charge is -2.04. The van der Waals surface area contributed by atoms with Crippen LogP contribution >= 0.6 is 23.4 Å². The summed E-state index contributed by atoms with van der Waals surface area (Å²) in [5.74, 6) is 0.646. The summed E-state index contributed by atoms with van der Waals surface area (Å²) in [7, 11) is 0. The SMILES string of the molecule is CCCOc1cccc(/C=C2\SC(=Nc3ccc(Cl)cc3)NC2=O)c1. The molecule has 2 aromatic carbocycles. The molecule has 1 amide bonds. The normalized spacial score (nSPS) is 17.1. The smallest absolute Gasteiger partial charge is 0.264 e. The molecule has 1 saturated heterocycles. The van der Waals surface area contributed by atoms with Crippen molar-refractivity contribution in [3.8, 4) is 5.75 Å². The first-order chi connectivity index (χ1) is 12.1. The third kappa shape index (κ3) is 4.87. The first-order valence-corrected chi connectivity index (χ1v) is 9.11. The van der Waals surface area contributed by atoms with Gasteiger partial charge >= 0.3 is 0 Å². The molecule has 0 radical (unpaired) electrons. The molecule has 4 nitrogen and oxygen atoms in total. The van der Waals surface area contributed by atoms with Gasteiger partial charge in [-0.15, -0.1) is 0 Å². The standard InChI is InChI=1S/C19H17ClN2O2S/c1-2-10-24-16-5-3-4-13(11-16)12-17-18(23)22-19(25-17)21-15-8-6-14(20)7-9-15/h3-9,11-12H,2,10H2,1H3,(H,21,22,23)/b17-12-. The zero-order chi connectivity index (χ0) is 17.6. The van der Waals surface area contributed by atoms with Crippen LogP contribution in [0.2, 0.25) is 5.02 Å². The number of nitrogens with zero attached hydrogens (tertiary/aromatic N) is 1. The zero-order valence-electron chi connectivity index (χ0n) is 13.7. The molecule has 1 fully saturated rings. The van der Waals surface area contributed by atoms with Crippen LogP contribution < -0.4 is 10.1 Å². The van der Waals surface area contributed by atoms with Crippen molar-refractivity contribution in [2.75, 3.05) is 6.61 Å². The maximum absolute atomic E-state index is 12.2. The Bertz CT molecular complexity index is 832. The number of amides is 1. The van der Waals surface area contributed by atoms with Crippen molar-refractivity contribution >= 4 is 46.2 Å². The Morgan fingerprint density at radius 1 is 1.24 bits per heavy atom. The largest absolute Gasteiger partial charge is 0.494 e. The van der Waals surface area contributed by atoms with E-state index in [4.69, 9.17) is 16.3 Å². The predicted octanol–water partition coefficient (Wildman–Crippen LogP) is 5.02. The number of aliphatic imine (C=N–C) groups is 1. The van der Waals surface area contributed by atoms with Crippen molar-refractivity contribution < 1.29 is 9.53 Å². The Balaban J connectivity index is 1.76. The van der Waals surface area contributed by atoms with Crippen LogP contribution in [0.1, 0.15) is 18.9 Å². The van der Waals surface area contributed by atoms with E-state index in [1.54, 1.807) is 24.3 Å². The topological polar surface area (TPSA) is 50.7 Å². The van der Waals surface area contributed by atoms with Crippen LogP contribution in [-0.4, -0.2) is 17.7 Å². The molecule has 0 saturated carbocycles. The van der Waals surface area contributed by atoms with Gasteiger partial charge in [-0.2, -0.15) is 0 Å². The van der Waals surface area contributed by atoms with Crippen LogP contribution in [0.4, 0.5) is 5.69 Å². The van der Waals surface area contributed by atoms with Gasteiger partial charge in [0.15, 0.2) is 5.17 Å². The first kappa shape index (κ1) is 17.6. The van der Waals surface area contributed by atoms with Crippen LogP contribution in [0.5, 0.6) is 5.75 Å². The summed E-state index contributed by atoms with van der Waals surface area (Å²) in [6, 6.07) is 14.8. The van der Waals surface area contributed by atoms with E-state index in [1.807, 2.05) is 30.3 Å². The first-order valence-electron chi connectivity index (χ1n) is 7.92. The summed E-state index contributed by atoms with van der Waals surface area (Å²) in [6.07, 6.45) is 2.79. The molecule has 25 heavy (non-hydrogen) atoms. The minimum atomic E-state index is -0.155. The summed E-state index contributed by atoms with van der Waals surface area (Å²) < 4.78 is 5.63. The van der Waals surface area contributed by atoms with Crippen molar-refractivity contribution in [1.29, 1.82) is 0 Å². The third-order valence-electron chi connectivity index (χ3n) is 3.34. The minimum Gasteiger partial charge on any atom is -0.494 e. The lowest BCUT2D eigenvalue weighted by Crippen LogP contribution is -2.19. The zero-order valence-corrected chi connectivity index (χ0v) is 15.2. The number of hydrogen-bond acceptors (Lipinski definition) is 4. The number of amidine groups is 1. The highest BCUT2D eigenvalue weighted by molar-refractivity contribution is 8.18. The Hall–Kier alpha value is -2.24. The van der Waals surface area contributed by atoms with Crippen LogP contribution in [-0.2, 0) is 4.79 Å². The Morgan fingerprint density at radius 3 is 2.80 bits per heavy atom. The van der Waals surface area contributed by atoms with Gasteiger partial charge in [0.1, 0.15) is 5.75 Å². The van der Waals surface area contributed by atoms with Gasteiger partial charge in [0.05, 0.1) is 17.2 Å². The van der Waals surface area contributed by atoms with E-state index in [9.17, 15) is 4.79 Å². The molecule has 1 aliphatic rings. The number of rotatable bonds is 5. The Labute approximate surface area is 155 Å². The van der Waals surface area contributed by atoms with E-state index in [1.165, 1.54) is 11.8 Å². The van der Waals surface area contributed by atoms with E-state index >= 15 is 0 Å². The molecule has 1 aliphatic heterocycles. The summed E-state index contributed by atoms with van der Waals surface area (Å²) in [6.45, 7) is 2.74. The predicted molar refractivity (Wildman–Crippen MR) is 104 cm³/mol. The molecule has 128 valence electrons. The van der Waals surface area contributed by atoms with Crippen LogP contribution in [0.25, 0.3) is 6.08 Å². The van der Waals surface area contributed by atoms with Gasteiger partial charge < -0.3 is 10.1 Å².